The van der Waals surface area contributed by atoms with Crippen LogP contribution in [-0.2, 0) is 16.0 Å². The maximum atomic E-state index is 14.6. The van der Waals surface area contributed by atoms with Gasteiger partial charge in [-0.25, -0.2) is 22.8 Å². The van der Waals surface area contributed by atoms with Crippen LogP contribution in [0.3, 0.4) is 0 Å². The minimum absolute atomic E-state index is 0.174. The average Bonchev–Trinajstić information content (AvgIpc) is 3.76. The molecule has 344 valence electrons. The van der Waals surface area contributed by atoms with E-state index in [9.17, 15) is 32.3 Å². The molecule has 7 rings (SSSR count). The lowest BCUT2D eigenvalue weighted by atomic mass is 10.1. The quantitative estimate of drug-likeness (QED) is 0.243. The Morgan fingerprint density at radius 3 is 1.30 bits per heavy atom. The highest BCUT2D eigenvalue weighted by Crippen LogP contribution is 2.26. The molecule has 1 N–H and O–H groups in total. The van der Waals surface area contributed by atoms with Crippen molar-refractivity contribution < 1.29 is 41.8 Å². The fourth-order valence-electron chi connectivity index (χ4n) is 7.63. The molecule has 0 unspecified atom stereocenters. The summed E-state index contributed by atoms with van der Waals surface area (Å²) in [5, 5.41) is 3.21. The normalized spacial score (nSPS) is 17.3. The topological polar surface area (TPSA) is 118 Å². The molecule has 3 aromatic carbocycles. The van der Waals surface area contributed by atoms with Crippen LogP contribution < -0.4 is 20.0 Å². The molecule has 0 radical (unpaired) electrons. The third-order valence-electron chi connectivity index (χ3n) is 10.8. The summed E-state index contributed by atoms with van der Waals surface area (Å²) in [6.45, 7) is 21.8. The number of ether oxygens (including phenoxy) is 2. The number of aldehydes is 2. The number of halogens is 3. The van der Waals surface area contributed by atoms with E-state index in [0.29, 0.717) is 93.1 Å². The highest BCUT2D eigenvalue weighted by molar-refractivity contribution is 5.77. The second-order valence-corrected chi connectivity index (χ2v) is 18.1. The summed E-state index contributed by atoms with van der Waals surface area (Å²) in [5.41, 5.74) is 2.37. The largest absolute Gasteiger partial charge is 0.444 e. The number of rotatable bonds is 7. The number of nitrogens with one attached hydrogen (secondary N) is 1. The van der Waals surface area contributed by atoms with E-state index in [2.05, 4.69) is 10.2 Å². The Bertz CT molecular complexity index is 2000. The number of likely N-dealkylation sites (tertiary alicyclic amines) is 1. The van der Waals surface area contributed by atoms with Crippen molar-refractivity contribution in [3.63, 3.8) is 0 Å². The highest BCUT2D eigenvalue weighted by Gasteiger charge is 2.28. The molecule has 4 heterocycles. The van der Waals surface area contributed by atoms with Crippen LogP contribution in [0, 0.1) is 17.5 Å². The number of carbonyl (C=O) groups excluding carboxylic acids is 4. The highest BCUT2D eigenvalue weighted by atomic mass is 19.1. The molecule has 4 aliphatic heterocycles. The van der Waals surface area contributed by atoms with Crippen molar-refractivity contribution in [2.24, 2.45) is 0 Å². The number of benzene rings is 3. The van der Waals surface area contributed by atoms with Crippen molar-refractivity contribution in [3.05, 3.63) is 88.7 Å². The van der Waals surface area contributed by atoms with Crippen LogP contribution in [0.4, 0.5) is 39.8 Å². The standard InChI is InChI=1S/C20H30FN3O2.C16H21FN2O3.C11H13FN2O/c1-20(2,3)26-19(25)24-12-10-23(11-13-24)18-7-6-16(14-17(18)21)15-22-8-4-5-9-22;1-16(2,3)22-15(21)19-8-6-18(7-9-19)14-5-4-12(11-20)10-13(14)17;12-10-7-9(8-15)1-2-11(10)14-5-3-13-4-6-14/h6-7,14H,4-5,8-13,15H2,1-3H3;4-5,10-11H,6-9H2,1-3H3;1-2,7-8,13H,3-6H2. The van der Waals surface area contributed by atoms with Gasteiger partial charge in [0.2, 0.25) is 0 Å². The fraction of sp³-hybridized carbons (Fsp3) is 0.532. The van der Waals surface area contributed by atoms with Crippen LogP contribution in [0.1, 0.15) is 80.7 Å². The Balaban J connectivity index is 0.000000184. The zero-order chi connectivity index (χ0) is 45.7. The zero-order valence-corrected chi connectivity index (χ0v) is 37.6. The van der Waals surface area contributed by atoms with Crippen LogP contribution in [0.15, 0.2) is 54.6 Å². The van der Waals surface area contributed by atoms with E-state index in [-0.39, 0.29) is 23.8 Å². The van der Waals surface area contributed by atoms with Gasteiger partial charge >= 0.3 is 12.2 Å². The van der Waals surface area contributed by atoms with Gasteiger partial charge in [-0.05, 0) is 122 Å². The van der Waals surface area contributed by atoms with Gasteiger partial charge in [-0.2, -0.15) is 0 Å². The number of carbonyl (C=O) groups is 4. The molecule has 63 heavy (non-hydrogen) atoms. The van der Waals surface area contributed by atoms with Crippen molar-refractivity contribution in [2.45, 2.75) is 72.1 Å². The first-order valence-corrected chi connectivity index (χ1v) is 21.8. The molecule has 16 heteroatoms. The number of amides is 2. The number of hydrogen-bond donors (Lipinski definition) is 1. The summed E-state index contributed by atoms with van der Waals surface area (Å²) in [6, 6.07) is 14.6. The number of piperazine rings is 3. The first kappa shape index (κ1) is 48.7. The van der Waals surface area contributed by atoms with Crippen molar-refractivity contribution in [1.29, 1.82) is 0 Å². The van der Waals surface area contributed by atoms with Gasteiger partial charge in [-0.1, -0.05) is 6.07 Å². The number of nitrogens with zero attached hydrogens (tertiary/aromatic N) is 6. The SMILES string of the molecule is CC(C)(C)OC(=O)N1CCN(c2ccc(C=O)cc2F)CC1.CC(C)(C)OC(=O)N1CCN(c2ccc(CN3CCCC3)cc2F)CC1.O=Cc1ccc(N2CCNCC2)c(F)c1. The predicted molar refractivity (Wildman–Crippen MR) is 240 cm³/mol. The van der Waals surface area contributed by atoms with Gasteiger partial charge in [-0.3, -0.25) is 14.5 Å². The third-order valence-corrected chi connectivity index (χ3v) is 10.8. The molecule has 0 bridgehead atoms. The molecule has 0 aromatic heterocycles. The monoisotopic (exact) mass is 879 g/mol. The van der Waals surface area contributed by atoms with Crippen molar-refractivity contribution in [2.75, 3.05) is 106 Å². The van der Waals surface area contributed by atoms with Crippen molar-refractivity contribution in [3.8, 4) is 0 Å². The summed E-state index contributed by atoms with van der Waals surface area (Å²) in [7, 11) is 0. The smallest absolute Gasteiger partial charge is 0.410 e. The molecule has 4 aliphatic rings. The van der Waals surface area contributed by atoms with Crippen LogP contribution in [0.5, 0.6) is 0 Å². The van der Waals surface area contributed by atoms with Gasteiger partial charge in [0.15, 0.2) is 0 Å². The zero-order valence-electron chi connectivity index (χ0n) is 37.6. The third kappa shape index (κ3) is 14.9. The van der Waals surface area contributed by atoms with Crippen molar-refractivity contribution >= 4 is 41.8 Å². The molecule has 13 nitrogen and oxygen atoms in total. The van der Waals surface area contributed by atoms with Gasteiger partial charge in [0, 0.05) is 96.2 Å². The second kappa shape index (κ2) is 22.3. The van der Waals surface area contributed by atoms with E-state index < -0.39 is 17.0 Å². The Labute approximate surface area is 370 Å². The van der Waals surface area contributed by atoms with Crippen molar-refractivity contribution in [1.82, 2.24) is 20.0 Å². The van der Waals surface area contributed by atoms with E-state index >= 15 is 0 Å². The lowest BCUT2D eigenvalue weighted by Crippen LogP contribution is -2.50. The predicted octanol–water partition coefficient (Wildman–Crippen LogP) is 7.22. The first-order chi connectivity index (χ1) is 29.9. The van der Waals surface area contributed by atoms with E-state index in [0.717, 1.165) is 51.4 Å². The van der Waals surface area contributed by atoms with Gasteiger partial charge in [0.1, 0.15) is 41.2 Å². The molecule has 3 aromatic rings. The number of anilines is 3. The molecule has 4 saturated heterocycles. The fourth-order valence-corrected chi connectivity index (χ4v) is 7.63. The van der Waals surface area contributed by atoms with E-state index in [1.165, 1.54) is 25.0 Å². The van der Waals surface area contributed by atoms with Crippen LogP contribution >= 0.6 is 0 Å². The summed E-state index contributed by atoms with van der Waals surface area (Å²) in [5.74, 6) is -0.913. The average molecular weight is 880 g/mol. The summed E-state index contributed by atoms with van der Waals surface area (Å²) in [6.07, 6.45) is 3.12. The van der Waals surface area contributed by atoms with Gasteiger partial charge < -0.3 is 39.3 Å². The minimum Gasteiger partial charge on any atom is -0.444 e. The maximum Gasteiger partial charge on any atom is 0.410 e. The van der Waals surface area contributed by atoms with E-state index in [4.69, 9.17) is 9.47 Å². The molecular weight excluding hydrogens is 816 g/mol. The van der Waals surface area contributed by atoms with Crippen LogP contribution in [-0.4, -0.2) is 142 Å². The van der Waals surface area contributed by atoms with Crippen LogP contribution in [0.25, 0.3) is 0 Å². The Hall–Kier alpha value is -5.35. The molecule has 0 aliphatic carbocycles. The first-order valence-electron chi connectivity index (χ1n) is 21.8. The second-order valence-electron chi connectivity index (χ2n) is 18.1. The lowest BCUT2D eigenvalue weighted by Gasteiger charge is -2.37. The Morgan fingerprint density at radius 1 is 0.556 bits per heavy atom. The van der Waals surface area contributed by atoms with E-state index in [1.54, 1.807) is 40.1 Å². The number of hydrogen-bond acceptors (Lipinski definition) is 11. The van der Waals surface area contributed by atoms with Crippen LogP contribution in [0.2, 0.25) is 0 Å². The molecule has 2 amide bonds. The molecule has 0 saturated carbocycles. The minimum atomic E-state index is -0.523. The summed E-state index contributed by atoms with van der Waals surface area (Å²) < 4.78 is 53.0. The Morgan fingerprint density at radius 2 is 0.937 bits per heavy atom. The molecule has 0 spiro atoms. The lowest BCUT2D eigenvalue weighted by molar-refractivity contribution is 0.0230. The summed E-state index contributed by atoms with van der Waals surface area (Å²) >= 11 is 0. The molecular formula is C47H64F3N7O6. The summed E-state index contributed by atoms with van der Waals surface area (Å²) in [4.78, 5) is 56.8. The molecule has 0 atom stereocenters. The van der Waals surface area contributed by atoms with Gasteiger partial charge in [0.05, 0.1) is 17.1 Å². The molecule has 4 fully saturated rings. The maximum absolute atomic E-state index is 14.6. The van der Waals surface area contributed by atoms with Gasteiger partial charge in [0.25, 0.3) is 0 Å². The van der Waals surface area contributed by atoms with E-state index in [1.807, 2.05) is 68.4 Å². The Kier molecular flexibility index (Phi) is 17.2. The van der Waals surface area contributed by atoms with Gasteiger partial charge in [-0.15, -0.1) is 0 Å².